The molecule has 1 aliphatic rings. The van der Waals surface area contributed by atoms with Crippen molar-refractivity contribution in [1.82, 2.24) is 4.98 Å². The second kappa shape index (κ2) is 5.23. The first-order chi connectivity index (χ1) is 7.77. The highest BCUT2D eigenvalue weighted by Crippen LogP contribution is 2.18. The Balaban J connectivity index is 2.10. The van der Waals surface area contributed by atoms with E-state index in [2.05, 4.69) is 10.3 Å². The van der Waals surface area contributed by atoms with Crippen molar-refractivity contribution in [2.45, 2.75) is 18.9 Å². The third-order valence-corrected chi connectivity index (χ3v) is 2.89. The zero-order valence-corrected chi connectivity index (χ0v) is 9.80. The van der Waals surface area contributed by atoms with Gasteiger partial charge in [-0.05, 0) is 18.9 Å². The summed E-state index contributed by atoms with van der Waals surface area (Å²) in [4.78, 5) is 4.48. The number of nitrogens with zero attached hydrogens (tertiary/aromatic N) is 1. The maximum atomic E-state index is 5.66. The van der Waals surface area contributed by atoms with E-state index < -0.39 is 0 Å². The molecule has 0 saturated carbocycles. The fourth-order valence-corrected chi connectivity index (χ4v) is 1.96. The zero-order chi connectivity index (χ0) is 11.4. The zero-order valence-electron chi connectivity index (χ0n) is 8.98. The van der Waals surface area contributed by atoms with Gasteiger partial charge in [0.05, 0.1) is 11.9 Å². The summed E-state index contributed by atoms with van der Waals surface area (Å²) < 4.78 is 5.31. The molecule has 1 aromatic heterocycles. The first-order valence-corrected chi connectivity index (χ1v) is 5.76. The van der Waals surface area contributed by atoms with Crippen LogP contribution in [0.1, 0.15) is 18.4 Å². The molecule has 0 atom stereocenters. The van der Waals surface area contributed by atoms with E-state index in [0.717, 1.165) is 37.3 Å². The minimum Gasteiger partial charge on any atom is -0.389 e. The molecule has 0 aromatic carbocycles. The summed E-state index contributed by atoms with van der Waals surface area (Å²) in [5, 5.41) is 3.42. The number of pyridine rings is 1. The third-order valence-electron chi connectivity index (χ3n) is 2.67. The summed E-state index contributed by atoms with van der Waals surface area (Å²) >= 11 is 5.00. The highest BCUT2D eigenvalue weighted by Gasteiger charge is 2.15. The van der Waals surface area contributed by atoms with Gasteiger partial charge in [-0.3, -0.25) is 4.98 Å². The van der Waals surface area contributed by atoms with Gasteiger partial charge in [0, 0.05) is 31.0 Å². The first kappa shape index (κ1) is 11.3. The van der Waals surface area contributed by atoms with Crippen LogP contribution in [0, 0.1) is 0 Å². The molecule has 1 aromatic rings. The van der Waals surface area contributed by atoms with Crippen molar-refractivity contribution in [3.05, 3.63) is 24.0 Å². The first-order valence-electron chi connectivity index (χ1n) is 5.35. The minimum atomic E-state index is 0.400. The van der Waals surface area contributed by atoms with Gasteiger partial charge >= 0.3 is 0 Å². The summed E-state index contributed by atoms with van der Waals surface area (Å²) in [7, 11) is 0. The molecule has 0 radical (unpaired) electrons. The molecule has 0 unspecified atom stereocenters. The van der Waals surface area contributed by atoms with E-state index in [9.17, 15) is 0 Å². The second-order valence-electron chi connectivity index (χ2n) is 3.82. The average Bonchev–Trinajstić information content (AvgIpc) is 2.31. The molecular weight excluding hydrogens is 222 g/mol. The van der Waals surface area contributed by atoms with E-state index in [1.807, 2.05) is 6.07 Å². The molecule has 1 fully saturated rings. The summed E-state index contributed by atoms with van der Waals surface area (Å²) in [5.41, 5.74) is 7.43. The Labute approximate surface area is 100 Å². The van der Waals surface area contributed by atoms with Crippen LogP contribution in [-0.4, -0.2) is 29.2 Å². The molecule has 0 aliphatic carbocycles. The summed E-state index contributed by atoms with van der Waals surface area (Å²) in [6.07, 6.45) is 5.48. The Hall–Kier alpha value is -1.20. The molecule has 1 saturated heterocycles. The van der Waals surface area contributed by atoms with E-state index in [0.29, 0.717) is 11.0 Å². The predicted molar refractivity (Wildman–Crippen MR) is 67.6 cm³/mol. The highest BCUT2D eigenvalue weighted by molar-refractivity contribution is 7.80. The minimum absolute atomic E-state index is 0.400. The SMILES string of the molecule is NC(=S)c1ccncc1NC1CCOCC1. The van der Waals surface area contributed by atoms with Crippen LogP contribution in [0.25, 0.3) is 0 Å². The summed E-state index contributed by atoms with van der Waals surface area (Å²) in [5.74, 6) is 0. The van der Waals surface area contributed by atoms with E-state index >= 15 is 0 Å². The van der Waals surface area contributed by atoms with Gasteiger partial charge in [-0.15, -0.1) is 0 Å². The van der Waals surface area contributed by atoms with Crippen LogP contribution in [0.5, 0.6) is 0 Å². The van der Waals surface area contributed by atoms with Gasteiger partial charge < -0.3 is 15.8 Å². The van der Waals surface area contributed by atoms with Crippen LogP contribution >= 0.6 is 12.2 Å². The number of thiocarbonyl (C=S) groups is 1. The van der Waals surface area contributed by atoms with Crippen molar-refractivity contribution < 1.29 is 4.74 Å². The van der Waals surface area contributed by atoms with E-state index in [1.165, 1.54) is 0 Å². The van der Waals surface area contributed by atoms with Crippen molar-refractivity contribution in [3.63, 3.8) is 0 Å². The van der Waals surface area contributed by atoms with Gasteiger partial charge in [0.15, 0.2) is 0 Å². The Morgan fingerprint density at radius 3 is 2.94 bits per heavy atom. The number of rotatable bonds is 3. The molecule has 4 nitrogen and oxygen atoms in total. The quantitative estimate of drug-likeness (QED) is 0.776. The molecule has 0 amide bonds. The molecule has 3 N–H and O–H groups in total. The lowest BCUT2D eigenvalue weighted by atomic mass is 10.1. The Bertz CT molecular complexity index is 377. The lowest BCUT2D eigenvalue weighted by Crippen LogP contribution is -2.29. The smallest absolute Gasteiger partial charge is 0.106 e. The number of hydrogen-bond donors (Lipinski definition) is 2. The normalized spacial score (nSPS) is 17.0. The van der Waals surface area contributed by atoms with Gasteiger partial charge in [0.25, 0.3) is 0 Å². The van der Waals surface area contributed by atoms with E-state index in [-0.39, 0.29) is 0 Å². The van der Waals surface area contributed by atoms with Gasteiger partial charge in [-0.1, -0.05) is 12.2 Å². The lowest BCUT2D eigenvalue weighted by Gasteiger charge is -2.24. The highest BCUT2D eigenvalue weighted by atomic mass is 32.1. The van der Waals surface area contributed by atoms with Crippen molar-refractivity contribution in [2.24, 2.45) is 5.73 Å². The molecule has 5 heteroatoms. The van der Waals surface area contributed by atoms with Gasteiger partial charge in [-0.2, -0.15) is 0 Å². The van der Waals surface area contributed by atoms with Crippen LogP contribution in [-0.2, 0) is 4.74 Å². The summed E-state index contributed by atoms with van der Waals surface area (Å²) in [6, 6.07) is 2.26. The number of anilines is 1. The van der Waals surface area contributed by atoms with Crippen LogP contribution < -0.4 is 11.1 Å². The molecule has 1 aliphatic heterocycles. The van der Waals surface area contributed by atoms with E-state index in [1.54, 1.807) is 12.4 Å². The monoisotopic (exact) mass is 237 g/mol. The van der Waals surface area contributed by atoms with Gasteiger partial charge in [0.1, 0.15) is 4.99 Å². The molecule has 2 heterocycles. The Kier molecular flexibility index (Phi) is 3.69. The van der Waals surface area contributed by atoms with Crippen molar-refractivity contribution >= 4 is 22.9 Å². The van der Waals surface area contributed by atoms with Crippen molar-refractivity contribution in [1.29, 1.82) is 0 Å². The van der Waals surface area contributed by atoms with Crippen LogP contribution in [0.2, 0.25) is 0 Å². The van der Waals surface area contributed by atoms with Gasteiger partial charge in [-0.25, -0.2) is 0 Å². The lowest BCUT2D eigenvalue weighted by molar-refractivity contribution is 0.0904. The van der Waals surface area contributed by atoms with Gasteiger partial charge in [0.2, 0.25) is 0 Å². The molecule has 0 bridgehead atoms. The second-order valence-corrected chi connectivity index (χ2v) is 4.26. The topological polar surface area (TPSA) is 60.2 Å². The molecule has 2 rings (SSSR count). The van der Waals surface area contributed by atoms with Crippen molar-refractivity contribution in [2.75, 3.05) is 18.5 Å². The maximum Gasteiger partial charge on any atom is 0.106 e. The number of nitrogens with one attached hydrogen (secondary N) is 1. The number of hydrogen-bond acceptors (Lipinski definition) is 4. The number of aromatic nitrogens is 1. The van der Waals surface area contributed by atoms with Crippen LogP contribution in [0.4, 0.5) is 5.69 Å². The average molecular weight is 237 g/mol. The molecule has 86 valence electrons. The molecule has 0 spiro atoms. The van der Waals surface area contributed by atoms with Crippen LogP contribution in [0.15, 0.2) is 18.5 Å². The Morgan fingerprint density at radius 2 is 2.25 bits per heavy atom. The fourth-order valence-electron chi connectivity index (χ4n) is 1.79. The maximum absolute atomic E-state index is 5.66. The molecule has 16 heavy (non-hydrogen) atoms. The number of nitrogens with two attached hydrogens (primary N) is 1. The van der Waals surface area contributed by atoms with Crippen LogP contribution in [0.3, 0.4) is 0 Å². The molecular formula is C11H15N3OS. The van der Waals surface area contributed by atoms with Crippen molar-refractivity contribution in [3.8, 4) is 0 Å². The summed E-state index contributed by atoms with van der Waals surface area (Å²) in [6.45, 7) is 1.61. The number of ether oxygens (including phenoxy) is 1. The largest absolute Gasteiger partial charge is 0.389 e. The predicted octanol–water partition coefficient (Wildman–Crippen LogP) is 1.31. The standard InChI is InChI=1S/C11H15N3OS/c12-11(16)9-1-4-13-7-10(9)14-8-2-5-15-6-3-8/h1,4,7-8,14H,2-3,5-6H2,(H2,12,16). The van der Waals surface area contributed by atoms with E-state index in [4.69, 9.17) is 22.7 Å². The third kappa shape index (κ3) is 2.68. The fraction of sp³-hybridized carbons (Fsp3) is 0.455. The Morgan fingerprint density at radius 1 is 1.50 bits per heavy atom.